The molecule has 0 heterocycles. The Hall–Kier alpha value is -1.35. The van der Waals surface area contributed by atoms with Crippen molar-refractivity contribution in [2.75, 3.05) is 6.54 Å². The number of nitrogens with two attached hydrogens (primary N) is 1. The maximum Gasteiger partial charge on any atom is 0.230 e. The zero-order valence-corrected chi connectivity index (χ0v) is 11.7. The summed E-state index contributed by atoms with van der Waals surface area (Å²) in [6, 6.07) is 9.92. The van der Waals surface area contributed by atoms with Crippen LogP contribution in [0.15, 0.2) is 30.3 Å². The normalized spacial score (nSPS) is 14.9. The first kappa shape index (κ1) is 14.7. The lowest BCUT2D eigenvalue weighted by molar-refractivity contribution is -0.126. The average molecular weight is 248 g/mol. The van der Waals surface area contributed by atoms with E-state index in [1.54, 1.807) is 0 Å². The highest BCUT2D eigenvalue weighted by Crippen LogP contribution is 2.23. The molecule has 0 aliphatic heterocycles. The van der Waals surface area contributed by atoms with Crippen LogP contribution in [-0.2, 0) is 10.2 Å². The molecule has 0 aromatic heterocycles. The van der Waals surface area contributed by atoms with E-state index in [0.29, 0.717) is 6.54 Å². The van der Waals surface area contributed by atoms with Crippen LogP contribution in [0.2, 0.25) is 0 Å². The molecule has 0 spiro atoms. The largest absolute Gasteiger partial charge is 0.353 e. The number of amides is 1. The molecular weight excluding hydrogens is 224 g/mol. The molecule has 3 nitrogen and oxygen atoms in total. The highest BCUT2D eigenvalue weighted by molar-refractivity contribution is 5.87. The van der Waals surface area contributed by atoms with E-state index in [-0.39, 0.29) is 17.9 Å². The molecule has 1 amide bonds. The van der Waals surface area contributed by atoms with Crippen LogP contribution in [-0.4, -0.2) is 18.5 Å². The number of benzene rings is 1. The summed E-state index contributed by atoms with van der Waals surface area (Å²) in [6.07, 6.45) is 0. The number of carbonyl (C=O) groups excluding carboxylic acids is 1. The SMILES string of the molecule is CC(CN)C(C)NC(=O)C(C)(C)c1ccccc1. The summed E-state index contributed by atoms with van der Waals surface area (Å²) in [5.41, 5.74) is 6.12. The molecule has 3 N–H and O–H groups in total. The standard InChI is InChI=1S/C15H24N2O/c1-11(10-16)12(2)17-14(18)15(3,4)13-8-6-5-7-9-13/h5-9,11-12H,10,16H2,1-4H3,(H,17,18). The first-order valence-corrected chi connectivity index (χ1v) is 6.46. The second kappa shape index (κ2) is 6.01. The second-order valence-corrected chi connectivity index (χ2v) is 5.47. The minimum absolute atomic E-state index is 0.0431. The molecule has 0 fully saturated rings. The van der Waals surface area contributed by atoms with Crippen LogP contribution in [0.4, 0.5) is 0 Å². The van der Waals surface area contributed by atoms with E-state index in [4.69, 9.17) is 5.73 Å². The number of rotatable bonds is 5. The van der Waals surface area contributed by atoms with Crippen LogP contribution < -0.4 is 11.1 Å². The third kappa shape index (κ3) is 3.33. The van der Waals surface area contributed by atoms with Crippen molar-refractivity contribution >= 4 is 5.91 Å². The Balaban J connectivity index is 2.77. The summed E-state index contributed by atoms with van der Waals surface area (Å²) < 4.78 is 0. The topological polar surface area (TPSA) is 55.1 Å². The lowest BCUT2D eigenvalue weighted by Gasteiger charge is -2.28. The molecule has 0 saturated heterocycles. The van der Waals surface area contributed by atoms with Gasteiger partial charge in [0.25, 0.3) is 0 Å². The van der Waals surface area contributed by atoms with Crippen molar-refractivity contribution in [3.05, 3.63) is 35.9 Å². The van der Waals surface area contributed by atoms with Crippen LogP contribution in [0, 0.1) is 5.92 Å². The Morgan fingerprint density at radius 1 is 1.28 bits per heavy atom. The Morgan fingerprint density at radius 3 is 2.33 bits per heavy atom. The first-order valence-electron chi connectivity index (χ1n) is 6.46. The monoisotopic (exact) mass is 248 g/mol. The maximum absolute atomic E-state index is 12.3. The van der Waals surface area contributed by atoms with E-state index < -0.39 is 5.41 Å². The fraction of sp³-hybridized carbons (Fsp3) is 0.533. The van der Waals surface area contributed by atoms with Crippen LogP contribution in [0.3, 0.4) is 0 Å². The average Bonchev–Trinajstić information content (AvgIpc) is 2.38. The number of hydrogen-bond acceptors (Lipinski definition) is 2. The predicted molar refractivity (Wildman–Crippen MR) is 75.3 cm³/mol. The molecule has 18 heavy (non-hydrogen) atoms. The molecular formula is C15H24N2O. The number of carbonyl (C=O) groups is 1. The summed E-state index contributed by atoms with van der Waals surface area (Å²) in [4.78, 5) is 12.3. The van der Waals surface area contributed by atoms with Crippen molar-refractivity contribution in [1.29, 1.82) is 0 Å². The lowest BCUT2D eigenvalue weighted by atomic mass is 9.83. The number of hydrogen-bond donors (Lipinski definition) is 2. The van der Waals surface area contributed by atoms with Crippen LogP contribution in [0.25, 0.3) is 0 Å². The Kier molecular flexibility index (Phi) is 4.91. The van der Waals surface area contributed by atoms with Gasteiger partial charge < -0.3 is 11.1 Å². The van der Waals surface area contributed by atoms with Crippen molar-refractivity contribution in [2.45, 2.75) is 39.2 Å². The van der Waals surface area contributed by atoms with Crippen LogP contribution in [0.5, 0.6) is 0 Å². The van der Waals surface area contributed by atoms with Gasteiger partial charge in [0, 0.05) is 6.04 Å². The van der Waals surface area contributed by atoms with Crippen molar-refractivity contribution < 1.29 is 4.79 Å². The van der Waals surface area contributed by atoms with Gasteiger partial charge >= 0.3 is 0 Å². The summed E-state index contributed by atoms with van der Waals surface area (Å²) in [5.74, 6) is 0.321. The van der Waals surface area contributed by atoms with Crippen molar-refractivity contribution in [3.8, 4) is 0 Å². The quantitative estimate of drug-likeness (QED) is 0.838. The molecule has 0 saturated carbocycles. The van der Waals surface area contributed by atoms with Gasteiger partial charge in [0.1, 0.15) is 0 Å². The molecule has 0 aliphatic carbocycles. The minimum atomic E-state index is -0.524. The first-order chi connectivity index (χ1) is 8.39. The van der Waals surface area contributed by atoms with Crippen molar-refractivity contribution in [1.82, 2.24) is 5.32 Å². The fourth-order valence-electron chi connectivity index (χ4n) is 1.72. The van der Waals surface area contributed by atoms with Gasteiger partial charge in [-0.1, -0.05) is 37.3 Å². The Bertz CT molecular complexity index is 387. The van der Waals surface area contributed by atoms with E-state index >= 15 is 0 Å². The van der Waals surface area contributed by atoms with Gasteiger partial charge in [0.15, 0.2) is 0 Å². The molecule has 1 aromatic carbocycles. The number of nitrogens with one attached hydrogen (secondary N) is 1. The van der Waals surface area contributed by atoms with E-state index in [0.717, 1.165) is 5.56 Å². The van der Waals surface area contributed by atoms with Gasteiger partial charge in [-0.25, -0.2) is 0 Å². The van der Waals surface area contributed by atoms with Crippen molar-refractivity contribution in [2.24, 2.45) is 11.7 Å². The van der Waals surface area contributed by atoms with Gasteiger partial charge in [-0.15, -0.1) is 0 Å². The predicted octanol–water partition coefficient (Wildman–Crippen LogP) is 2.06. The van der Waals surface area contributed by atoms with Crippen LogP contribution in [0.1, 0.15) is 33.3 Å². The summed E-state index contributed by atoms with van der Waals surface area (Å²) in [5, 5.41) is 3.05. The van der Waals surface area contributed by atoms with Gasteiger partial charge in [0.05, 0.1) is 5.41 Å². The van der Waals surface area contributed by atoms with Crippen LogP contribution >= 0.6 is 0 Å². The van der Waals surface area contributed by atoms with Gasteiger partial charge in [-0.05, 0) is 38.8 Å². The van der Waals surface area contributed by atoms with Gasteiger partial charge in [-0.3, -0.25) is 4.79 Å². The van der Waals surface area contributed by atoms with E-state index in [1.807, 2.05) is 58.0 Å². The van der Waals surface area contributed by atoms with E-state index in [9.17, 15) is 4.79 Å². The highest BCUT2D eigenvalue weighted by atomic mass is 16.2. The zero-order chi connectivity index (χ0) is 13.8. The highest BCUT2D eigenvalue weighted by Gasteiger charge is 2.30. The molecule has 2 unspecified atom stereocenters. The Morgan fingerprint density at radius 2 is 1.83 bits per heavy atom. The summed E-state index contributed by atoms with van der Waals surface area (Å²) in [6.45, 7) is 8.50. The van der Waals surface area contributed by atoms with Gasteiger partial charge in [0.2, 0.25) is 5.91 Å². The molecule has 0 bridgehead atoms. The lowest BCUT2D eigenvalue weighted by Crippen LogP contribution is -2.47. The third-order valence-corrected chi connectivity index (χ3v) is 3.65. The van der Waals surface area contributed by atoms with Gasteiger partial charge in [-0.2, -0.15) is 0 Å². The summed E-state index contributed by atoms with van der Waals surface area (Å²) >= 11 is 0. The summed E-state index contributed by atoms with van der Waals surface area (Å²) in [7, 11) is 0. The smallest absolute Gasteiger partial charge is 0.230 e. The van der Waals surface area contributed by atoms with Crippen molar-refractivity contribution in [3.63, 3.8) is 0 Å². The molecule has 1 rings (SSSR count). The fourth-order valence-corrected chi connectivity index (χ4v) is 1.72. The molecule has 0 radical (unpaired) electrons. The molecule has 3 heteroatoms. The minimum Gasteiger partial charge on any atom is -0.353 e. The zero-order valence-electron chi connectivity index (χ0n) is 11.7. The molecule has 1 aromatic rings. The molecule has 0 aliphatic rings. The van der Waals surface area contributed by atoms with E-state index in [2.05, 4.69) is 5.32 Å². The van der Waals surface area contributed by atoms with E-state index in [1.165, 1.54) is 0 Å². The molecule has 100 valence electrons. The third-order valence-electron chi connectivity index (χ3n) is 3.65. The molecule has 2 atom stereocenters. The maximum atomic E-state index is 12.3. The Labute approximate surface area is 110 Å². The second-order valence-electron chi connectivity index (χ2n) is 5.47.